The van der Waals surface area contributed by atoms with Crippen molar-refractivity contribution in [2.24, 2.45) is 5.73 Å². The summed E-state index contributed by atoms with van der Waals surface area (Å²) in [5.41, 5.74) is 8.69. The molecule has 2 N–H and O–H groups in total. The highest BCUT2D eigenvalue weighted by Crippen LogP contribution is 2.14. The summed E-state index contributed by atoms with van der Waals surface area (Å²) in [4.78, 5) is 0. The number of nitrogens with two attached hydrogens (primary N) is 1. The van der Waals surface area contributed by atoms with Gasteiger partial charge in [0.05, 0.1) is 23.3 Å². The van der Waals surface area contributed by atoms with Gasteiger partial charge in [-0.15, -0.1) is 0 Å². The van der Waals surface area contributed by atoms with Crippen LogP contribution in [0.15, 0.2) is 29.0 Å². The van der Waals surface area contributed by atoms with E-state index in [-0.39, 0.29) is 0 Å². The molecule has 0 heterocycles. The average Bonchev–Trinajstić information content (AvgIpc) is 1.83. The van der Waals surface area contributed by atoms with E-state index in [1.807, 2.05) is 26.0 Å². The monoisotopic (exact) mass is 120 g/mol. The Kier molecular flexibility index (Phi) is 1.37. The molecule has 1 heteroatoms. The highest BCUT2D eigenvalue weighted by molar-refractivity contribution is 5.40. The topological polar surface area (TPSA) is 26.0 Å². The molecule has 0 spiro atoms. The summed E-state index contributed by atoms with van der Waals surface area (Å²) < 4.78 is 0. The molecule has 0 atom stereocenters. The standard InChI is InChI=1S/C8H10N/c1-6-4-3-5-8(9)7(6)2/h3-4H,9H2,1-2H3/q+1. The Labute approximate surface area is 55.6 Å². The summed E-state index contributed by atoms with van der Waals surface area (Å²) in [7, 11) is 0. The molecule has 0 saturated heterocycles. The van der Waals surface area contributed by atoms with E-state index < -0.39 is 0 Å². The fourth-order valence-electron chi connectivity index (χ4n) is 0.702. The largest absolute Gasteiger partial charge is 0.369 e. The first-order valence-corrected chi connectivity index (χ1v) is 2.95. The lowest BCUT2D eigenvalue weighted by Gasteiger charge is -1.95. The number of hydrogen-bond donors (Lipinski definition) is 1. The molecule has 0 aromatic rings. The molecular formula is C8H10N+. The second kappa shape index (κ2) is 2.04. The molecule has 0 aromatic heterocycles. The minimum absolute atomic E-state index is 0.759. The first kappa shape index (κ1) is 6.06. The Morgan fingerprint density at radius 3 is 2.56 bits per heavy atom. The zero-order chi connectivity index (χ0) is 6.85. The van der Waals surface area contributed by atoms with Crippen LogP contribution in [0, 0.1) is 6.08 Å². The average molecular weight is 120 g/mol. The summed E-state index contributed by atoms with van der Waals surface area (Å²) in [5, 5.41) is 0. The molecule has 0 aliphatic heterocycles. The first-order chi connectivity index (χ1) is 4.22. The summed E-state index contributed by atoms with van der Waals surface area (Å²) in [6.07, 6.45) is 6.77. The van der Waals surface area contributed by atoms with E-state index in [0.29, 0.717) is 0 Å². The second-order valence-electron chi connectivity index (χ2n) is 2.20. The van der Waals surface area contributed by atoms with E-state index in [4.69, 9.17) is 5.73 Å². The smallest absolute Gasteiger partial charge is 0.203 e. The Morgan fingerprint density at radius 1 is 1.44 bits per heavy atom. The van der Waals surface area contributed by atoms with Crippen molar-refractivity contribution in [3.05, 3.63) is 35.1 Å². The fourth-order valence-corrected chi connectivity index (χ4v) is 0.702. The summed E-state index contributed by atoms with van der Waals surface area (Å²) in [5.74, 6) is 0. The molecule has 46 valence electrons. The minimum atomic E-state index is 0.759. The van der Waals surface area contributed by atoms with Crippen LogP contribution in [0.5, 0.6) is 0 Å². The maximum absolute atomic E-state index is 5.57. The molecule has 1 aliphatic rings. The summed E-state index contributed by atoms with van der Waals surface area (Å²) in [6.45, 7) is 4.04. The fraction of sp³-hybridized carbons (Fsp3) is 0.250. The van der Waals surface area contributed by atoms with Crippen LogP contribution in [0.3, 0.4) is 0 Å². The van der Waals surface area contributed by atoms with Crippen molar-refractivity contribution in [1.29, 1.82) is 0 Å². The highest BCUT2D eigenvalue weighted by atomic mass is 14.6. The van der Waals surface area contributed by atoms with E-state index in [2.05, 4.69) is 6.08 Å². The van der Waals surface area contributed by atoms with Gasteiger partial charge in [0.25, 0.3) is 0 Å². The van der Waals surface area contributed by atoms with Crippen molar-refractivity contribution < 1.29 is 0 Å². The Balaban J connectivity index is 3.06. The molecule has 1 rings (SSSR count). The molecule has 0 fully saturated rings. The lowest BCUT2D eigenvalue weighted by molar-refractivity contribution is 1.21. The van der Waals surface area contributed by atoms with Crippen LogP contribution in [-0.2, 0) is 0 Å². The van der Waals surface area contributed by atoms with Gasteiger partial charge in [0, 0.05) is 6.92 Å². The molecule has 0 amide bonds. The third-order valence-corrected chi connectivity index (χ3v) is 1.57. The lowest BCUT2D eigenvalue weighted by atomic mass is 10.0. The quantitative estimate of drug-likeness (QED) is 0.482. The van der Waals surface area contributed by atoms with Crippen molar-refractivity contribution in [1.82, 2.24) is 0 Å². The van der Waals surface area contributed by atoms with Crippen molar-refractivity contribution in [3.8, 4) is 0 Å². The number of rotatable bonds is 0. The number of allylic oxidation sites excluding steroid dienone is 5. The van der Waals surface area contributed by atoms with Crippen molar-refractivity contribution in [2.45, 2.75) is 13.8 Å². The van der Waals surface area contributed by atoms with E-state index in [1.54, 1.807) is 0 Å². The second-order valence-corrected chi connectivity index (χ2v) is 2.20. The van der Waals surface area contributed by atoms with Gasteiger partial charge in [-0.1, -0.05) is 0 Å². The highest BCUT2D eigenvalue weighted by Gasteiger charge is 2.10. The maximum atomic E-state index is 5.57. The Bertz CT molecular complexity index is 207. The zero-order valence-corrected chi connectivity index (χ0v) is 5.73. The number of hydrogen-bond acceptors (Lipinski definition) is 1. The van der Waals surface area contributed by atoms with Gasteiger partial charge >= 0.3 is 0 Å². The summed E-state index contributed by atoms with van der Waals surface area (Å²) in [6, 6.07) is 0. The van der Waals surface area contributed by atoms with Gasteiger partial charge < -0.3 is 5.73 Å². The van der Waals surface area contributed by atoms with Crippen LogP contribution in [0.1, 0.15) is 13.8 Å². The predicted molar refractivity (Wildman–Crippen MR) is 38.5 cm³/mol. The van der Waals surface area contributed by atoms with Crippen LogP contribution in [0.25, 0.3) is 0 Å². The van der Waals surface area contributed by atoms with Crippen molar-refractivity contribution in [2.75, 3.05) is 0 Å². The Morgan fingerprint density at radius 2 is 2.11 bits per heavy atom. The van der Waals surface area contributed by atoms with Crippen LogP contribution in [-0.4, -0.2) is 0 Å². The molecule has 0 unspecified atom stereocenters. The summed E-state index contributed by atoms with van der Waals surface area (Å²) >= 11 is 0. The molecule has 1 aliphatic carbocycles. The third-order valence-electron chi connectivity index (χ3n) is 1.57. The zero-order valence-electron chi connectivity index (χ0n) is 5.73. The van der Waals surface area contributed by atoms with E-state index in [1.165, 1.54) is 5.57 Å². The predicted octanol–water partition coefficient (Wildman–Crippen LogP) is 1.54. The van der Waals surface area contributed by atoms with Gasteiger partial charge in [-0.3, -0.25) is 0 Å². The van der Waals surface area contributed by atoms with Gasteiger partial charge in [-0.05, 0) is 6.92 Å². The molecule has 1 nitrogen and oxygen atoms in total. The Hall–Kier alpha value is -1.07. The van der Waals surface area contributed by atoms with E-state index in [0.717, 1.165) is 11.3 Å². The maximum Gasteiger partial charge on any atom is 0.203 e. The van der Waals surface area contributed by atoms with Crippen molar-refractivity contribution in [3.63, 3.8) is 0 Å². The van der Waals surface area contributed by atoms with Crippen LogP contribution >= 0.6 is 0 Å². The van der Waals surface area contributed by atoms with Gasteiger partial charge in [-0.2, -0.15) is 0 Å². The van der Waals surface area contributed by atoms with Gasteiger partial charge in [0.1, 0.15) is 6.08 Å². The molecule has 0 saturated carbocycles. The molecule has 9 heavy (non-hydrogen) atoms. The molecule has 0 aromatic carbocycles. The minimum Gasteiger partial charge on any atom is -0.369 e. The van der Waals surface area contributed by atoms with E-state index >= 15 is 0 Å². The lowest BCUT2D eigenvalue weighted by Crippen LogP contribution is -2.02. The normalized spacial score (nSPS) is 17.3. The molecule has 0 bridgehead atoms. The van der Waals surface area contributed by atoms with Crippen LogP contribution in [0.2, 0.25) is 0 Å². The van der Waals surface area contributed by atoms with Crippen molar-refractivity contribution >= 4 is 0 Å². The SMILES string of the molecule is CC1=C(C)C(N)=[C+]C=C1. The van der Waals surface area contributed by atoms with Crippen LogP contribution < -0.4 is 5.73 Å². The van der Waals surface area contributed by atoms with Gasteiger partial charge in [0.15, 0.2) is 0 Å². The molecular weight excluding hydrogens is 110 g/mol. The van der Waals surface area contributed by atoms with Gasteiger partial charge in [0.2, 0.25) is 5.70 Å². The van der Waals surface area contributed by atoms with Gasteiger partial charge in [-0.25, -0.2) is 0 Å². The van der Waals surface area contributed by atoms with E-state index in [9.17, 15) is 0 Å². The third kappa shape index (κ3) is 1.01. The first-order valence-electron chi connectivity index (χ1n) is 2.95. The van der Waals surface area contributed by atoms with Crippen LogP contribution in [0.4, 0.5) is 0 Å². The molecule has 0 radical (unpaired) electrons.